The number of hydrogen-bond acceptors (Lipinski definition) is 5. The van der Waals surface area contributed by atoms with E-state index in [9.17, 15) is 5.11 Å². The highest BCUT2D eigenvalue weighted by molar-refractivity contribution is 5.41. The molecule has 0 saturated heterocycles. The summed E-state index contributed by atoms with van der Waals surface area (Å²) in [7, 11) is 4.79. The Labute approximate surface area is 114 Å². The fraction of sp³-hybridized carbons (Fsp3) is 0.571. The molecule has 0 aliphatic carbocycles. The van der Waals surface area contributed by atoms with Crippen LogP contribution in [-0.4, -0.2) is 46.3 Å². The van der Waals surface area contributed by atoms with E-state index in [2.05, 4.69) is 0 Å². The summed E-state index contributed by atoms with van der Waals surface area (Å²) in [6.07, 6.45) is -0.115. The molecule has 0 spiro atoms. The summed E-state index contributed by atoms with van der Waals surface area (Å²) < 4.78 is 20.6. The van der Waals surface area contributed by atoms with Gasteiger partial charge in [0.25, 0.3) is 0 Å². The van der Waals surface area contributed by atoms with Crippen molar-refractivity contribution in [2.45, 2.75) is 12.5 Å². The number of methoxy groups -OCH3 is 3. The summed E-state index contributed by atoms with van der Waals surface area (Å²) in [5, 5.41) is 10.1. The molecule has 0 saturated carbocycles. The van der Waals surface area contributed by atoms with E-state index in [0.29, 0.717) is 37.7 Å². The van der Waals surface area contributed by atoms with Crippen LogP contribution in [0.4, 0.5) is 0 Å². The highest BCUT2D eigenvalue weighted by atomic mass is 16.5. The van der Waals surface area contributed by atoms with E-state index in [-0.39, 0.29) is 0 Å². The maximum absolute atomic E-state index is 10.1. The van der Waals surface area contributed by atoms with Gasteiger partial charge in [0.2, 0.25) is 0 Å². The molecule has 0 aromatic heterocycles. The Morgan fingerprint density at radius 2 is 1.84 bits per heavy atom. The lowest BCUT2D eigenvalue weighted by molar-refractivity contribution is 0.0470. The number of ether oxygens (including phenoxy) is 4. The molecule has 108 valence electrons. The summed E-state index contributed by atoms with van der Waals surface area (Å²) in [5.41, 5.74) is 0.735. The summed E-state index contributed by atoms with van der Waals surface area (Å²) in [6.45, 7) is 1.56. The van der Waals surface area contributed by atoms with Crippen LogP contribution in [-0.2, 0) is 9.47 Å². The molecule has 1 aromatic carbocycles. The number of hydrogen-bond donors (Lipinski definition) is 1. The second kappa shape index (κ2) is 8.74. The van der Waals surface area contributed by atoms with Gasteiger partial charge in [0, 0.05) is 31.8 Å². The molecule has 1 rings (SSSR count). The Kier molecular flexibility index (Phi) is 7.25. The van der Waals surface area contributed by atoms with Crippen LogP contribution in [0.1, 0.15) is 18.1 Å². The highest BCUT2D eigenvalue weighted by Crippen LogP contribution is 2.30. The van der Waals surface area contributed by atoms with Crippen LogP contribution < -0.4 is 9.47 Å². The van der Waals surface area contributed by atoms with Crippen molar-refractivity contribution in [1.82, 2.24) is 0 Å². The third kappa shape index (κ3) is 5.06. The summed E-state index contributed by atoms with van der Waals surface area (Å²) in [6, 6.07) is 5.36. The van der Waals surface area contributed by atoms with Gasteiger partial charge in [-0.2, -0.15) is 0 Å². The fourth-order valence-corrected chi connectivity index (χ4v) is 1.69. The average Bonchev–Trinajstić information content (AvgIpc) is 2.46. The van der Waals surface area contributed by atoms with E-state index in [4.69, 9.17) is 18.9 Å². The van der Waals surface area contributed by atoms with Crippen molar-refractivity contribution < 1.29 is 24.1 Å². The van der Waals surface area contributed by atoms with Gasteiger partial charge < -0.3 is 24.1 Å². The largest absolute Gasteiger partial charge is 0.497 e. The summed E-state index contributed by atoms with van der Waals surface area (Å²) >= 11 is 0. The van der Waals surface area contributed by atoms with Crippen molar-refractivity contribution in [2.75, 3.05) is 41.2 Å². The van der Waals surface area contributed by atoms with Gasteiger partial charge in [0.1, 0.15) is 11.5 Å². The Balaban J connectivity index is 2.53. The van der Waals surface area contributed by atoms with Crippen molar-refractivity contribution in [3.8, 4) is 11.5 Å². The predicted octanol–water partition coefficient (Wildman–Crippen LogP) is 1.79. The molecule has 5 heteroatoms. The molecule has 1 N–H and O–H groups in total. The number of benzene rings is 1. The zero-order valence-corrected chi connectivity index (χ0v) is 11.7. The zero-order valence-electron chi connectivity index (χ0n) is 11.7. The molecule has 1 aromatic rings. The second-order valence-electron chi connectivity index (χ2n) is 4.02. The zero-order chi connectivity index (χ0) is 14.1. The molecule has 1 unspecified atom stereocenters. The standard InChI is InChI=1S/C14H22O5/c1-16-8-9-19-7-6-13(15)12-5-4-11(17-2)10-14(12)18-3/h4-5,10,13,15H,6-9H2,1-3H3. The van der Waals surface area contributed by atoms with E-state index >= 15 is 0 Å². The van der Waals surface area contributed by atoms with Crippen molar-refractivity contribution in [3.05, 3.63) is 23.8 Å². The van der Waals surface area contributed by atoms with Gasteiger partial charge >= 0.3 is 0 Å². The fourth-order valence-electron chi connectivity index (χ4n) is 1.69. The molecule has 5 nitrogen and oxygen atoms in total. The molecule has 0 amide bonds. The molecular formula is C14H22O5. The summed E-state index contributed by atoms with van der Waals surface area (Å²) in [5.74, 6) is 1.31. The number of rotatable bonds is 9. The van der Waals surface area contributed by atoms with Crippen LogP contribution in [0, 0.1) is 0 Å². The van der Waals surface area contributed by atoms with E-state index in [0.717, 1.165) is 5.56 Å². The lowest BCUT2D eigenvalue weighted by Gasteiger charge is -2.15. The van der Waals surface area contributed by atoms with Crippen molar-refractivity contribution in [2.24, 2.45) is 0 Å². The van der Waals surface area contributed by atoms with Crippen molar-refractivity contribution in [3.63, 3.8) is 0 Å². The van der Waals surface area contributed by atoms with Gasteiger partial charge in [0.05, 0.1) is 33.5 Å². The Hall–Kier alpha value is -1.30. The molecule has 0 heterocycles. The smallest absolute Gasteiger partial charge is 0.128 e. The van der Waals surface area contributed by atoms with Gasteiger partial charge in [-0.3, -0.25) is 0 Å². The maximum atomic E-state index is 10.1. The highest BCUT2D eigenvalue weighted by Gasteiger charge is 2.14. The third-order valence-electron chi connectivity index (χ3n) is 2.77. The third-order valence-corrected chi connectivity index (χ3v) is 2.77. The lowest BCUT2D eigenvalue weighted by atomic mass is 10.1. The molecule has 0 bridgehead atoms. The normalized spacial score (nSPS) is 12.2. The van der Waals surface area contributed by atoms with E-state index in [1.165, 1.54) is 0 Å². The summed E-state index contributed by atoms with van der Waals surface area (Å²) in [4.78, 5) is 0. The minimum atomic E-state index is -0.622. The van der Waals surface area contributed by atoms with Gasteiger partial charge in [-0.15, -0.1) is 0 Å². The molecule has 1 atom stereocenters. The first-order valence-electron chi connectivity index (χ1n) is 6.19. The van der Waals surface area contributed by atoms with Crippen LogP contribution in [0.3, 0.4) is 0 Å². The Morgan fingerprint density at radius 3 is 2.47 bits per heavy atom. The first-order chi connectivity index (χ1) is 9.22. The van der Waals surface area contributed by atoms with Gasteiger partial charge in [0.15, 0.2) is 0 Å². The maximum Gasteiger partial charge on any atom is 0.128 e. The van der Waals surface area contributed by atoms with Gasteiger partial charge in [-0.05, 0) is 12.1 Å². The Morgan fingerprint density at radius 1 is 1.05 bits per heavy atom. The number of aliphatic hydroxyl groups excluding tert-OH is 1. The van der Waals surface area contributed by atoms with Gasteiger partial charge in [-0.1, -0.05) is 0 Å². The van der Waals surface area contributed by atoms with E-state index in [1.54, 1.807) is 39.5 Å². The van der Waals surface area contributed by atoms with E-state index in [1.807, 2.05) is 0 Å². The molecule has 0 fully saturated rings. The van der Waals surface area contributed by atoms with Crippen LogP contribution in [0.5, 0.6) is 11.5 Å². The SMILES string of the molecule is COCCOCCC(O)c1ccc(OC)cc1OC. The quantitative estimate of drug-likeness (QED) is 0.693. The molecule has 0 aliphatic rings. The van der Waals surface area contributed by atoms with E-state index < -0.39 is 6.10 Å². The first kappa shape index (κ1) is 15.8. The minimum absolute atomic E-state index is 0.472. The molecule has 0 aliphatic heterocycles. The minimum Gasteiger partial charge on any atom is -0.497 e. The average molecular weight is 270 g/mol. The molecule has 19 heavy (non-hydrogen) atoms. The Bertz CT molecular complexity index is 367. The van der Waals surface area contributed by atoms with Crippen LogP contribution in [0.15, 0.2) is 18.2 Å². The van der Waals surface area contributed by atoms with Gasteiger partial charge in [-0.25, -0.2) is 0 Å². The predicted molar refractivity (Wildman–Crippen MR) is 71.8 cm³/mol. The van der Waals surface area contributed by atoms with Crippen LogP contribution in [0.2, 0.25) is 0 Å². The monoisotopic (exact) mass is 270 g/mol. The van der Waals surface area contributed by atoms with Crippen molar-refractivity contribution >= 4 is 0 Å². The topological polar surface area (TPSA) is 57.2 Å². The first-order valence-corrected chi connectivity index (χ1v) is 6.19. The van der Waals surface area contributed by atoms with Crippen LogP contribution >= 0.6 is 0 Å². The molecular weight excluding hydrogens is 248 g/mol. The lowest BCUT2D eigenvalue weighted by Crippen LogP contribution is -2.08. The van der Waals surface area contributed by atoms with Crippen LogP contribution in [0.25, 0.3) is 0 Å². The number of aliphatic hydroxyl groups is 1. The molecule has 0 radical (unpaired) electrons. The van der Waals surface area contributed by atoms with Crippen molar-refractivity contribution in [1.29, 1.82) is 0 Å². The second-order valence-corrected chi connectivity index (χ2v) is 4.02.